The molecule has 1 heterocycles. The molecule has 1 fully saturated rings. The van der Waals surface area contributed by atoms with Crippen molar-refractivity contribution in [3.63, 3.8) is 0 Å². The van der Waals surface area contributed by atoms with E-state index in [1.807, 2.05) is 31.2 Å². The third-order valence-corrected chi connectivity index (χ3v) is 7.37. The van der Waals surface area contributed by atoms with Crippen LogP contribution >= 0.6 is 11.3 Å². The maximum Gasteiger partial charge on any atom is 0.307 e. The number of hydrogen-bond acceptors (Lipinski definition) is 4. The van der Waals surface area contributed by atoms with E-state index in [0.717, 1.165) is 16.0 Å². The van der Waals surface area contributed by atoms with E-state index in [1.54, 1.807) is 0 Å². The van der Waals surface area contributed by atoms with Crippen molar-refractivity contribution in [3.8, 4) is 17.2 Å². The van der Waals surface area contributed by atoms with Gasteiger partial charge >= 0.3 is 5.97 Å². The molecule has 0 saturated heterocycles. The molecule has 154 valence electrons. The van der Waals surface area contributed by atoms with Crippen LogP contribution in [0.15, 0.2) is 36.4 Å². The normalized spacial score (nSPS) is 24.2. The van der Waals surface area contributed by atoms with E-state index in [-0.39, 0.29) is 17.7 Å². The van der Waals surface area contributed by atoms with Crippen molar-refractivity contribution in [2.24, 2.45) is 23.7 Å². The van der Waals surface area contributed by atoms with Crippen molar-refractivity contribution in [2.75, 3.05) is 5.32 Å². The Morgan fingerprint density at radius 3 is 2.37 bits per heavy atom. The quantitative estimate of drug-likeness (QED) is 0.652. The molecule has 1 aromatic heterocycles. The Labute approximate surface area is 180 Å². The standard InChI is InChI=1S/C24H24N2O3S/c1-12(2)14-4-6-15(7-5-14)19-13(3)30-23(18(19)11-25)26-22(27)20-16-8-9-17(10-16)21(20)24(28)29/h4-9,12,16-17,20-21H,10H2,1-3H3,(H,26,27)(H,28,29)/t16-,17-,20+,21+/m0/s1. The fourth-order valence-electron chi connectivity index (χ4n) is 4.83. The smallest absolute Gasteiger partial charge is 0.307 e. The Morgan fingerprint density at radius 1 is 1.17 bits per heavy atom. The number of fused-ring (bicyclic) bond motifs is 2. The number of carboxylic acid groups (broad SMARTS) is 1. The zero-order valence-electron chi connectivity index (χ0n) is 17.2. The molecule has 0 unspecified atom stereocenters. The van der Waals surface area contributed by atoms with Gasteiger partial charge in [-0.3, -0.25) is 9.59 Å². The maximum absolute atomic E-state index is 13.1. The molecule has 2 bridgehead atoms. The van der Waals surface area contributed by atoms with Crippen LogP contribution < -0.4 is 5.32 Å². The van der Waals surface area contributed by atoms with Crippen molar-refractivity contribution >= 4 is 28.2 Å². The first-order valence-electron chi connectivity index (χ1n) is 10.2. The first kappa shape index (κ1) is 20.4. The number of carbonyl (C=O) groups is 2. The maximum atomic E-state index is 13.1. The molecule has 2 aliphatic rings. The average Bonchev–Trinajstić information content (AvgIpc) is 3.40. The molecule has 4 atom stereocenters. The van der Waals surface area contributed by atoms with Crippen molar-refractivity contribution in [1.29, 1.82) is 5.26 Å². The number of carboxylic acids is 1. The summed E-state index contributed by atoms with van der Waals surface area (Å²) in [6.45, 7) is 6.20. The van der Waals surface area contributed by atoms with Crippen molar-refractivity contribution < 1.29 is 14.7 Å². The zero-order chi connectivity index (χ0) is 21.6. The molecule has 0 aliphatic heterocycles. The Bertz CT molecular complexity index is 1080. The highest BCUT2D eigenvalue weighted by Gasteiger charge is 2.51. The topological polar surface area (TPSA) is 90.2 Å². The monoisotopic (exact) mass is 420 g/mol. The lowest BCUT2D eigenvalue weighted by atomic mass is 9.82. The minimum absolute atomic E-state index is 0.0502. The summed E-state index contributed by atoms with van der Waals surface area (Å²) in [5.41, 5.74) is 3.43. The second-order valence-corrected chi connectivity index (χ2v) is 9.68. The Balaban J connectivity index is 1.64. The molecule has 6 heteroatoms. The summed E-state index contributed by atoms with van der Waals surface area (Å²) in [6, 6.07) is 10.4. The zero-order valence-corrected chi connectivity index (χ0v) is 18.0. The number of nitriles is 1. The van der Waals surface area contributed by atoms with Crippen LogP contribution in [0.3, 0.4) is 0 Å². The summed E-state index contributed by atoms with van der Waals surface area (Å²) in [6.07, 6.45) is 4.58. The number of aliphatic carboxylic acids is 1. The number of hydrogen-bond donors (Lipinski definition) is 2. The van der Waals surface area contributed by atoms with E-state index in [4.69, 9.17) is 0 Å². The number of nitrogens with zero attached hydrogens (tertiary/aromatic N) is 1. The summed E-state index contributed by atoms with van der Waals surface area (Å²) in [5.74, 6) is -2.25. The van der Waals surface area contributed by atoms with Crippen molar-refractivity contribution in [2.45, 2.75) is 33.1 Å². The summed E-state index contributed by atoms with van der Waals surface area (Å²) in [7, 11) is 0. The molecule has 2 aromatic rings. The average molecular weight is 421 g/mol. The number of aryl methyl sites for hydroxylation is 1. The van der Waals surface area contributed by atoms with Crippen molar-refractivity contribution in [1.82, 2.24) is 0 Å². The highest BCUT2D eigenvalue weighted by molar-refractivity contribution is 7.17. The Kier molecular flexibility index (Phi) is 5.25. The first-order chi connectivity index (χ1) is 14.3. The molecule has 4 rings (SSSR count). The van der Waals surface area contributed by atoms with Crippen LogP contribution in [-0.4, -0.2) is 17.0 Å². The van der Waals surface area contributed by atoms with Gasteiger partial charge in [-0.1, -0.05) is 50.3 Å². The lowest BCUT2D eigenvalue weighted by Crippen LogP contribution is -2.36. The predicted octanol–water partition coefficient (Wildman–Crippen LogP) is 5.18. The molecule has 0 radical (unpaired) electrons. The Morgan fingerprint density at radius 2 is 1.80 bits per heavy atom. The number of anilines is 1. The van der Waals surface area contributed by atoms with E-state index in [0.29, 0.717) is 22.9 Å². The van der Waals surface area contributed by atoms with Gasteiger partial charge < -0.3 is 10.4 Å². The van der Waals surface area contributed by atoms with Gasteiger partial charge in [0.05, 0.1) is 17.4 Å². The number of rotatable bonds is 5. The van der Waals surface area contributed by atoms with Gasteiger partial charge in [-0.2, -0.15) is 5.26 Å². The number of amides is 1. The lowest BCUT2D eigenvalue weighted by Gasteiger charge is -2.23. The molecule has 2 N–H and O–H groups in total. The van der Waals surface area contributed by atoms with Crippen LogP contribution in [0.5, 0.6) is 0 Å². The minimum atomic E-state index is -0.930. The van der Waals surface area contributed by atoms with E-state index in [1.165, 1.54) is 16.9 Å². The highest BCUT2D eigenvalue weighted by Crippen LogP contribution is 2.49. The number of thiophene rings is 1. The van der Waals surface area contributed by atoms with Gasteiger partial charge in [0.1, 0.15) is 11.1 Å². The van der Waals surface area contributed by atoms with Crippen LogP contribution in [0.1, 0.15) is 42.2 Å². The van der Waals surface area contributed by atoms with Gasteiger partial charge in [-0.05, 0) is 42.2 Å². The molecular formula is C24H24N2O3S. The lowest BCUT2D eigenvalue weighted by molar-refractivity contribution is -0.146. The minimum Gasteiger partial charge on any atom is -0.481 e. The predicted molar refractivity (Wildman–Crippen MR) is 117 cm³/mol. The van der Waals surface area contributed by atoms with Gasteiger partial charge in [-0.25, -0.2) is 0 Å². The third kappa shape index (κ3) is 3.33. The van der Waals surface area contributed by atoms with E-state index >= 15 is 0 Å². The molecule has 1 saturated carbocycles. The van der Waals surface area contributed by atoms with Gasteiger partial charge in [0.2, 0.25) is 5.91 Å². The number of benzene rings is 1. The summed E-state index contributed by atoms with van der Waals surface area (Å²) in [4.78, 5) is 25.7. The van der Waals surface area contributed by atoms with Crippen molar-refractivity contribution in [3.05, 3.63) is 52.4 Å². The third-order valence-electron chi connectivity index (χ3n) is 6.35. The number of carbonyl (C=O) groups excluding carboxylic acids is 1. The van der Waals surface area contributed by atoms with E-state index in [9.17, 15) is 20.0 Å². The Hall–Kier alpha value is -2.91. The van der Waals surface area contributed by atoms with Gasteiger partial charge in [0.25, 0.3) is 0 Å². The van der Waals surface area contributed by atoms with Crippen LogP contribution in [0, 0.1) is 41.9 Å². The van der Waals surface area contributed by atoms with Gasteiger partial charge in [0.15, 0.2) is 0 Å². The molecule has 30 heavy (non-hydrogen) atoms. The van der Waals surface area contributed by atoms with Crippen LogP contribution in [0.4, 0.5) is 5.00 Å². The van der Waals surface area contributed by atoms with Gasteiger partial charge in [-0.15, -0.1) is 11.3 Å². The summed E-state index contributed by atoms with van der Waals surface area (Å²) < 4.78 is 0. The first-order valence-corrected chi connectivity index (χ1v) is 11.0. The van der Waals surface area contributed by atoms with Crippen LogP contribution in [-0.2, 0) is 9.59 Å². The van der Waals surface area contributed by atoms with E-state index < -0.39 is 17.8 Å². The largest absolute Gasteiger partial charge is 0.481 e. The molecule has 2 aliphatic carbocycles. The molecular weight excluding hydrogens is 396 g/mol. The number of nitrogens with one attached hydrogen (secondary N) is 1. The molecule has 1 amide bonds. The van der Waals surface area contributed by atoms with Crippen LogP contribution in [0.25, 0.3) is 11.1 Å². The molecule has 0 spiro atoms. The van der Waals surface area contributed by atoms with Gasteiger partial charge in [0, 0.05) is 10.4 Å². The van der Waals surface area contributed by atoms with Crippen LogP contribution in [0.2, 0.25) is 0 Å². The highest BCUT2D eigenvalue weighted by atomic mass is 32.1. The summed E-state index contributed by atoms with van der Waals surface area (Å²) in [5, 5.41) is 22.8. The second-order valence-electron chi connectivity index (χ2n) is 8.45. The fourth-order valence-corrected chi connectivity index (χ4v) is 5.86. The SMILES string of the molecule is Cc1sc(NC(=O)[C@H]2[C@H](C(=O)O)[C@H]3C=C[C@H]2C3)c(C#N)c1-c1ccc(C(C)C)cc1. The number of allylic oxidation sites excluding steroid dienone is 2. The molecule has 1 aromatic carbocycles. The molecule has 5 nitrogen and oxygen atoms in total. The summed E-state index contributed by atoms with van der Waals surface area (Å²) >= 11 is 1.37. The second kappa shape index (κ2) is 7.73. The van der Waals surface area contributed by atoms with E-state index in [2.05, 4.69) is 37.4 Å². The fraction of sp³-hybridized carbons (Fsp3) is 0.375.